The van der Waals surface area contributed by atoms with Crippen LogP contribution in [0.2, 0.25) is 0 Å². The summed E-state index contributed by atoms with van der Waals surface area (Å²) in [7, 11) is 0. The number of esters is 1. The Morgan fingerprint density at radius 2 is 1.89 bits per heavy atom. The van der Waals surface area contributed by atoms with Crippen molar-refractivity contribution in [3.63, 3.8) is 0 Å². The molecule has 2 fully saturated rings. The SMILES string of the molecule is N=C(N)N1CCC(OC(=O)C(O)(c2ccccc2)C2CCC(F)(F)C2)CC1. The number of carbonyl (C=O) groups is 1. The zero-order valence-electron chi connectivity index (χ0n) is 15.0. The number of benzene rings is 1. The first-order valence-corrected chi connectivity index (χ1v) is 9.18. The molecule has 1 aliphatic heterocycles. The van der Waals surface area contributed by atoms with E-state index in [9.17, 15) is 18.7 Å². The van der Waals surface area contributed by atoms with Crippen LogP contribution in [-0.2, 0) is 15.1 Å². The predicted molar refractivity (Wildman–Crippen MR) is 95.2 cm³/mol. The van der Waals surface area contributed by atoms with E-state index in [1.165, 1.54) is 0 Å². The first-order chi connectivity index (χ1) is 12.7. The number of guanidine groups is 1. The smallest absolute Gasteiger partial charge is 0.343 e. The van der Waals surface area contributed by atoms with Crippen molar-refractivity contribution in [2.24, 2.45) is 11.7 Å². The standard InChI is InChI=1S/C19H25F2N3O3/c20-18(21)9-6-14(12-18)19(26,13-4-2-1-3-5-13)16(25)27-15-7-10-24(11-8-15)17(22)23/h1-5,14-15,26H,6-12H2,(H3,22,23). The van der Waals surface area contributed by atoms with E-state index < -0.39 is 35.9 Å². The van der Waals surface area contributed by atoms with Gasteiger partial charge in [0.2, 0.25) is 5.92 Å². The Hall–Kier alpha value is -2.22. The number of hydrogen-bond donors (Lipinski definition) is 3. The van der Waals surface area contributed by atoms with Gasteiger partial charge in [0.1, 0.15) is 6.10 Å². The molecule has 0 radical (unpaired) electrons. The third kappa shape index (κ3) is 4.05. The second-order valence-electron chi connectivity index (χ2n) is 7.41. The number of carbonyl (C=O) groups excluding carboxylic acids is 1. The summed E-state index contributed by atoms with van der Waals surface area (Å²) in [5, 5.41) is 18.7. The van der Waals surface area contributed by atoms with E-state index >= 15 is 0 Å². The Balaban J connectivity index is 1.77. The van der Waals surface area contributed by atoms with E-state index in [-0.39, 0.29) is 24.4 Å². The number of hydrogen-bond acceptors (Lipinski definition) is 4. The molecule has 1 saturated heterocycles. The van der Waals surface area contributed by atoms with Gasteiger partial charge in [-0.2, -0.15) is 0 Å². The number of alkyl halides is 2. The first kappa shape index (κ1) is 19.5. The molecule has 1 saturated carbocycles. The van der Waals surface area contributed by atoms with Gasteiger partial charge in [-0.15, -0.1) is 0 Å². The molecule has 2 unspecified atom stereocenters. The van der Waals surface area contributed by atoms with Crippen molar-refractivity contribution >= 4 is 11.9 Å². The number of rotatable bonds is 4. The Morgan fingerprint density at radius 1 is 1.26 bits per heavy atom. The van der Waals surface area contributed by atoms with Crippen LogP contribution >= 0.6 is 0 Å². The molecule has 0 aromatic heterocycles. The number of ether oxygens (including phenoxy) is 1. The minimum atomic E-state index is -2.89. The summed E-state index contributed by atoms with van der Waals surface area (Å²) in [5.41, 5.74) is 3.64. The molecule has 1 aromatic carbocycles. The zero-order valence-corrected chi connectivity index (χ0v) is 15.0. The van der Waals surface area contributed by atoms with E-state index in [0.717, 1.165) is 0 Å². The number of halogens is 2. The van der Waals surface area contributed by atoms with Gasteiger partial charge in [-0.3, -0.25) is 5.41 Å². The first-order valence-electron chi connectivity index (χ1n) is 9.18. The van der Waals surface area contributed by atoms with E-state index in [1.807, 2.05) is 0 Å². The van der Waals surface area contributed by atoms with Crippen molar-refractivity contribution in [2.45, 2.75) is 49.7 Å². The van der Waals surface area contributed by atoms with Gasteiger partial charge in [-0.25, -0.2) is 13.6 Å². The highest BCUT2D eigenvalue weighted by atomic mass is 19.3. The van der Waals surface area contributed by atoms with Crippen molar-refractivity contribution in [1.29, 1.82) is 5.41 Å². The maximum atomic E-state index is 13.8. The predicted octanol–water partition coefficient (Wildman–Crippen LogP) is 2.21. The van der Waals surface area contributed by atoms with E-state index in [2.05, 4.69) is 0 Å². The fraction of sp³-hybridized carbons (Fsp3) is 0.579. The van der Waals surface area contributed by atoms with Crippen LogP contribution in [0.3, 0.4) is 0 Å². The summed E-state index contributed by atoms with van der Waals surface area (Å²) in [6, 6.07) is 8.18. The van der Waals surface area contributed by atoms with Gasteiger partial charge in [0.15, 0.2) is 11.6 Å². The second-order valence-corrected chi connectivity index (χ2v) is 7.41. The van der Waals surface area contributed by atoms with Crippen molar-refractivity contribution < 1.29 is 23.4 Å². The molecule has 0 bridgehead atoms. The van der Waals surface area contributed by atoms with Crippen LogP contribution in [0.15, 0.2) is 30.3 Å². The van der Waals surface area contributed by atoms with Crippen LogP contribution in [0, 0.1) is 11.3 Å². The van der Waals surface area contributed by atoms with E-state index in [1.54, 1.807) is 35.2 Å². The average molecular weight is 381 g/mol. The average Bonchev–Trinajstić information content (AvgIpc) is 3.02. The van der Waals surface area contributed by atoms with Crippen LogP contribution in [0.25, 0.3) is 0 Å². The van der Waals surface area contributed by atoms with Gasteiger partial charge in [0.25, 0.3) is 0 Å². The van der Waals surface area contributed by atoms with Crippen molar-refractivity contribution in [3.8, 4) is 0 Å². The van der Waals surface area contributed by atoms with Crippen molar-refractivity contribution in [1.82, 2.24) is 4.90 Å². The van der Waals surface area contributed by atoms with E-state index in [0.29, 0.717) is 25.9 Å². The highest BCUT2D eigenvalue weighted by molar-refractivity contribution is 5.82. The number of aliphatic hydroxyl groups is 1. The largest absolute Gasteiger partial charge is 0.460 e. The topological polar surface area (TPSA) is 99.6 Å². The Bertz CT molecular complexity index is 693. The Morgan fingerprint density at radius 3 is 2.41 bits per heavy atom. The molecule has 1 heterocycles. The van der Waals surface area contributed by atoms with Gasteiger partial charge >= 0.3 is 5.97 Å². The van der Waals surface area contributed by atoms with Crippen LogP contribution in [0.5, 0.6) is 0 Å². The van der Waals surface area contributed by atoms with Crippen LogP contribution in [0.4, 0.5) is 8.78 Å². The molecule has 6 nitrogen and oxygen atoms in total. The monoisotopic (exact) mass is 381 g/mol. The van der Waals surface area contributed by atoms with Gasteiger partial charge in [0, 0.05) is 44.7 Å². The van der Waals surface area contributed by atoms with Crippen LogP contribution < -0.4 is 5.73 Å². The molecule has 0 spiro atoms. The molecule has 1 aliphatic carbocycles. The lowest BCUT2D eigenvalue weighted by atomic mass is 9.80. The highest BCUT2D eigenvalue weighted by Gasteiger charge is 2.54. The van der Waals surface area contributed by atoms with E-state index in [4.69, 9.17) is 15.9 Å². The summed E-state index contributed by atoms with van der Waals surface area (Å²) in [5.74, 6) is -4.70. The molecule has 2 aliphatic rings. The fourth-order valence-electron chi connectivity index (χ4n) is 3.97. The summed E-state index contributed by atoms with van der Waals surface area (Å²) in [6.07, 6.45) is -0.345. The van der Waals surface area contributed by atoms with Crippen molar-refractivity contribution in [3.05, 3.63) is 35.9 Å². The van der Waals surface area contributed by atoms with Gasteiger partial charge in [-0.1, -0.05) is 30.3 Å². The molecule has 0 amide bonds. The maximum absolute atomic E-state index is 13.8. The van der Waals surface area contributed by atoms with Crippen molar-refractivity contribution in [2.75, 3.05) is 13.1 Å². The van der Waals surface area contributed by atoms with Gasteiger partial charge < -0.3 is 20.5 Å². The third-order valence-corrected chi connectivity index (χ3v) is 5.58. The van der Waals surface area contributed by atoms with Crippen LogP contribution in [0.1, 0.15) is 37.7 Å². The number of nitrogens with one attached hydrogen (secondary N) is 1. The lowest BCUT2D eigenvalue weighted by molar-refractivity contribution is -0.182. The maximum Gasteiger partial charge on any atom is 0.343 e. The number of piperidine rings is 1. The molecular formula is C19H25F2N3O3. The molecule has 148 valence electrons. The molecule has 2 atom stereocenters. The summed E-state index contributed by atoms with van der Waals surface area (Å²) in [4.78, 5) is 14.6. The molecule has 8 heteroatoms. The van der Waals surface area contributed by atoms with Crippen LogP contribution in [-0.4, -0.2) is 47.1 Å². The number of likely N-dealkylation sites (tertiary alicyclic amines) is 1. The minimum absolute atomic E-state index is 0.0336. The lowest BCUT2D eigenvalue weighted by Crippen LogP contribution is -2.48. The molecule has 27 heavy (non-hydrogen) atoms. The molecular weight excluding hydrogens is 356 g/mol. The Labute approximate surface area is 156 Å². The highest BCUT2D eigenvalue weighted by Crippen LogP contribution is 2.48. The van der Waals surface area contributed by atoms with Gasteiger partial charge in [0.05, 0.1) is 0 Å². The fourth-order valence-corrected chi connectivity index (χ4v) is 3.97. The molecule has 1 aromatic rings. The minimum Gasteiger partial charge on any atom is -0.460 e. The summed E-state index contributed by atoms with van der Waals surface area (Å²) < 4.78 is 33.1. The number of nitrogens with zero attached hydrogens (tertiary/aromatic N) is 1. The molecule has 4 N–H and O–H groups in total. The van der Waals surface area contributed by atoms with Gasteiger partial charge in [-0.05, 0) is 12.0 Å². The quantitative estimate of drug-likeness (QED) is 0.422. The Kier molecular flexibility index (Phi) is 5.37. The second kappa shape index (κ2) is 7.42. The lowest BCUT2D eigenvalue weighted by Gasteiger charge is -2.36. The summed E-state index contributed by atoms with van der Waals surface area (Å²) in [6.45, 7) is 0.942. The molecule has 3 rings (SSSR count). The normalized spacial score (nSPS) is 25.0. The summed E-state index contributed by atoms with van der Waals surface area (Å²) >= 11 is 0. The zero-order chi connectivity index (χ0) is 19.7. The number of nitrogens with two attached hydrogens (primary N) is 1. The third-order valence-electron chi connectivity index (χ3n) is 5.58.